The lowest BCUT2D eigenvalue weighted by Crippen LogP contribution is -2.66. The monoisotopic (exact) mass is 137 g/mol. The van der Waals surface area contributed by atoms with Gasteiger partial charge in [0.1, 0.15) is 0 Å². The van der Waals surface area contributed by atoms with Crippen molar-refractivity contribution in [1.82, 2.24) is 5.32 Å². The second kappa shape index (κ2) is 2.25. The molecule has 1 saturated heterocycles. The van der Waals surface area contributed by atoms with Crippen LogP contribution in [-0.2, 0) is 9.47 Å². The number of hydrogen-bond donors (Lipinski definition) is 1. The van der Waals surface area contributed by atoms with Crippen LogP contribution in [0.4, 0.5) is 0 Å². The summed E-state index contributed by atoms with van der Waals surface area (Å²) in [5.74, 6) is 0. The van der Waals surface area contributed by atoms with Crippen LogP contribution in [0.2, 0.25) is 0 Å². The highest BCUT2D eigenvalue weighted by Crippen LogP contribution is 2.24. The van der Waals surface area contributed by atoms with Crippen LogP contribution in [0.5, 0.6) is 0 Å². The molecule has 0 amide bonds. The van der Waals surface area contributed by atoms with E-state index < -0.39 is 25.8 Å². The van der Waals surface area contributed by atoms with Gasteiger partial charge in [0.15, 0.2) is 5.72 Å². The van der Waals surface area contributed by atoms with Crippen LogP contribution in [0.3, 0.4) is 0 Å². The second-order valence-electron chi connectivity index (χ2n) is 2.07. The smallest absolute Gasteiger partial charge is 0.168 e. The minimum atomic E-state index is -2.66. The fourth-order valence-electron chi connectivity index (χ4n) is 0.677. The number of hydrogen-bond acceptors (Lipinski definition) is 3. The van der Waals surface area contributed by atoms with Gasteiger partial charge in [0, 0.05) is 11.2 Å². The Morgan fingerprint density at radius 2 is 2.89 bits per heavy atom. The van der Waals surface area contributed by atoms with E-state index in [1.807, 2.05) is 0 Å². The van der Waals surface area contributed by atoms with Gasteiger partial charge in [0.2, 0.25) is 0 Å². The molecule has 1 aliphatic rings. The van der Waals surface area contributed by atoms with E-state index in [9.17, 15) is 0 Å². The topological polar surface area (TPSA) is 30.5 Å². The van der Waals surface area contributed by atoms with Crippen LogP contribution in [0.1, 0.15) is 15.1 Å². The minimum Gasteiger partial charge on any atom is -0.369 e. The van der Waals surface area contributed by atoms with Gasteiger partial charge in [-0.05, 0) is 13.9 Å². The molecule has 0 bridgehead atoms. The molecule has 1 fully saturated rings. The van der Waals surface area contributed by atoms with Crippen LogP contribution in [0, 0.1) is 0 Å². The van der Waals surface area contributed by atoms with Crippen molar-refractivity contribution in [2.75, 3.05) is 20.6 Å². The van der Waals surface area contributed by atoms with E-state index in [0.29, 0.717) is 0 Å². The molecule has 0 saturated carbocycles. The maximum Gasteiger partial charge on any atom is 0.168 e. The zero-order valence-electron chi connectivity index (χ0n) is 11.1. The lowest BCUT2D eigenvalue weighted by atomic mass is 10.0. The molecule has 0 aliphatic carbocycles. The summed E-state index contributed by atoms with van der Waals surface area (Å²) in [4.78, 5) is 0. The molecule has 0 aromatic carbocycles. The lowest BCUT2D eigenvalue weighted by Gasteiger charge is -2.45. The van der Waals surface area contributed by atoms with Crippen LogP contribution < -0.4 is 5.32 Å². The molecule has 1 heterocycles. The normalized spacial score (nSPS) is 55.0. The standard InChI is InChI=1S/C6H13NO2/c1-5-6(7-2,8-3)4-9-5/h5,7H,4H2,1-3H3/i2D3,3D3. The molecule has 0 aromatic heterocycles. The molecule has 9 heavy (non-hydrogen) atoms. The average Bonchev–Trinajstić information content (AvgIpc) is 1.95. The van der Waals surface area contributed by atoms with Gasteiger partial charge in [-0.1, -0.05) is 0 Å². The van der Waals surface area contributed by atoms with E-state index in [1.165, 1.54) is 0 Å². The van der Waals surface area contributed by atoms with Crippen LogP contribution in [-0.4, -0.2) is 32.4 Å². The number of methoxy groups -OCH3 is 1. The molecule has 54 valence electrons. The molecular weight excluding hydrogens is 118 g/mol. The molecule has 1 aliphatic heterocycles. The fraction of sp³-hybridized carbons (Fsp3) is 1.00. The molecule has 3 nitrogen and oxygen atoms in total. The maximum atomic E-state index is 7.03. The highest BCUT2D eigenvalue weighted by atomic mass is 16.6. The molecule has 2 unspecified atom stereocenters. The summed E-state index contributed by atoms with van der Waals surface area (Å²) < 4.78 is 51.6. The Labute approximate surface area is 63.8 Å². The third-order valence-electron chi connectivity index (χ3n) is 1.60. The summed E-state index contributed by atoms with van der Waals surface area (Å²) in [5, 5.41) is 2.17. The Bertz CT molecular complexity index is 221. The van der Waals surface area contributed by atoms with Gasteiger partial charge in [-0.3, -0.25) is 5.32 Å². The minimum absolute atomic E-state index is 0.0923. The number of nitrogens with one attached hydrogen (secondary N) is 1. The lowest BCUT2D eigenvalue weighted by molar-refractivity contribution is -0.256. The van der Waals surface area contributed by atoms with E-state index >= 15 is 0 Å². The van der Waals surface area contributed by atoms with Crippen molar-refractivity contribution in [3.8, 4) is 0 Å². The van der Waals surface area contributed by atoms with Crippen molar-refractivity contribution in [1.29, 1.82) is 0 Å². The summed E-state index contributed by atoms with van der Waals surface area (Å²) >= 11 is 0. The third kappa shape index (κ3) is 0.852. The first-order valence-corrected chi connectivity index (χ1v) is 2.65. The number of likely N-dealkylation sites (N-methyl/N-ethyl adjacent to an activating group) is 1. The fourth-order valence-corrected chi connectivity index (χ4v) is 0.677. The van der Waals surface area contributed by atoms with Crippen molar-refractivity contribution >= 4 is 0 Å². The van der Waals surface area contributed by atoms with Gasteiger partial charge in [-0.25, -0.2) is 0 Å². The Kier molecular flexibility index (Phi) is 0.622. The maximum absolute atomic E-state index is 7.03. The zero-order valence-corrected chi connectivity index (χ0v) is 5.10. The highest BCUT2D eigenvalue weighted by Gasteiger charge is 2.44. The van der Waals surface area contributed by atoms with Crippen molar-refractivity contribution in [3.05, 3.63) is 0 Å². The molecular formula is C6H13NO2. The predicted octanol–water partition coefficient (Wildman–Crippen LogP) is -0.0328. The van der Waals surface area contributed by atoms with Gasteiger partial charge in [-0.15, -0.1) is 0 Å². The summed E-state index contributed by atoms with van der Waals surface area (Å²) in [7, 11) is -2.66. The molecule has 1 rings (SSSR count). The largest absolute Gasteiger partial charge is 0.369 e. The first-order chi connectivity index (χ1) is 6.54. The predicted molar refractivity (Wildman–Crippen MR) is 34.2 cm³/mol. The Morgan fingerprint density at radius 3 is 3.22 bits per heavy atom. The van der Waals surface area contributed by atoms with Crippen LogP contribution in [0.25, 0.3) is 0 Å². The highest BCUT2D eigenvalue weighted by molar-refractivity contribution is 4.90. The van der Waals surface area contributed by atoms with Gasteiger partial charge in [0.25, 0.3) is 0 Å². The van der Waals surface area contributed by atoms with Crippen LogP contribution in [0.15, 0.2) is 0 Å². The summed E-state index contributed by atoms with van der Waals surface area (Å²) in [6, 6.07) is 0. The molecule has 0 spiro atoms. The van der Waals surface area contributed by atoms with Gasteiger partial charge in [0.05, 0.1) is 16.8 Å². The third-order valence-corrected chi connectivity index (χ3v) is 1.60. The summed E-state index contributed by atoms with van der Waals surface area (Å²) in [6.07, 6.45) is -0.613. The SMILES string of the molecule is [2H]C([2H])([2H])NC1(OC([2H])([2H])[2H])COC1C. The van der Waals surface area contributed by atoms with Crippen molar-refractivity contribution in [2.45, 2.75) is 18.8 Å². The van der Waals surface area contributed by atoms with E-state index in [0.717, 1.165) is 0 Å². The Hall–Kier alpha value is -0.120. The second-order valence-corrected chi connectivity index (χ2v) is 2.07. The van der Waals surface area contributed by atoms with Crippen molar-refractivity contribution < 1.29 is 17.7 Å². The quantitative estimate of drug-likeness (QED) is 0.542. The first kappa shape index (κ1) is 2.49. The summed E-state index contributed by atoms with van der Waals surface area (Å²) in [6.45, 7) is -1.01. The van der Waals surface area contributed by atoms with E-state index in [2.05, 4.69) is 5.32 Å². The average molecular weight is 137 g/mol. The summed E-state index contributed by atoms with van der Waals surface area (Å²) in [5.41, 5.74) is -1.45. The Morgan fingerprint density at radius 1 is 2.00 bits per heavy atom. The van der Waals surface area contributed by atoms with Gasteiger partial charge < -0.3 is 9.47 Å². The molecule has 0 radical (unpaired) electrons. The van der Waals surface area contributed by atoms with E-state index in [-0.39, 0.29) is 6.61 Å². The van der Waals surface area contributed by atoms with Crippen LogP contribution >= 0.6 is 0 Å². The van der Waals surface area contributed by atoms with Gasteiger partial charge in [-0.2, -0.15) is 0 Å². The first-order valence-electron chi connectivity index (χ1n) is 5.65. The molecule has 1 N–H and O–H groups in total. The molecule has 2 atom stereocenters. The van der Waals surface area contributed by atoms with Crippen molar-refractivity contribution in [3.63, 3.8) is 0 Å². The van der Waals surface area contributed by atoms with Crippen molar-refractivity contribution in [2.24, 2.45) is 0 Å². The van der Waals surface area contributed by atoms with E-state index in [1.54, 1.807) is 6.92 Å². The van der Waals surface area contributed by atoms with Gasteiger partial charge >= 0.3 is 0 Å². The molecule has 3 heteroatoms. The molecule has 0 aromatic rings. The number of ether oxygens (including phenoxy) is 2. The Balaban J connectivity index is 2.73. The number of rotatable bonds is 2. The zero-order chi connectivity index (χ0) is 11.9. The van der Waals surface area contributed by atoms with E-state index in [4.69, 9.17) is 17.7 Å².